The fourth-order valence-electron chi connectivity index (χ4n) is 0.811. The van der Waals surface area contributed by atoms with E-state index >= 15 is 0 Å². The Labute approximate surface area is 139 Å². The van der Waals surface area contributed by atoms with Crippen LogP contribution >= 0.6 is 23.7 Å². The third-order valence-electron chi connectivity index (χ3n) is 1.36. The number of hydrogen-bond acceptors (Lipinski definition) is 5. The minimum atomic E-state index is -0.954. The molecule has 0 aliphatic heterocycles. The van der Waals surface area contributed by atoms with Crippen molar-refractivity contribution >= 4 is 35.7 Å². The van der Waals surface area contributed by atoms with Gasteiger partial charge >= 0.3 is 63.3 Å². The number of carbonyl (C=O) groups is 2. The number of pyridine rings is 1. The average Bonchev–Trinajstić information content (AvgIpc) is 2.27. The summed E-state index contributed by atoms with van der Waals surface area (Å²) in [5.41, 5.74) is -0.374. The van der Waals surface area contributed by atoms with Crippen molar-refractivity contribution < 1.29 is 71.0 Å². The summed E-state index contributed by atoms with van der Waals surface area (Å²) in [5.74, 6) is -1.86. The molecule has 0 aromatic carbocycles. The molecule has 0 N–H and O–H groups in total. The van der Waals surface area contributed by atoms with E-state index in [1.165, 1.54) is 18.3 Å². The molecular formula is C7H4Cl2KNO4. The Morgan fingerprint density at radius 2 is 1.87 bits per heavy atom. The van der Waals surface area contributed by atoms with Crippen LogP contribution in [-0.2, 0) is 8.58 Å². The standard InChI is InChI=1S/C7H3Cl2NO4.K.H/c8-13-6(11)4-2-1-3-10-5(4)7(12)14-9;;/h1-3H;;/q;+1;-1. The van der Waals surface area contributed by atoms with E-state index in [2.05, 4.69) is 13.6 Å². The van der Waals surface area contributed by atoms with Crippen LogP contribution in [0.2, 0.25) is 0 Å². The van der Waals surface area contributed by atoms with Gasteiger partial charge in [-0.25, -0.2) is 14.6 Å². The predicted molar refractivity (Wildman–Crippen MR) is 47.9 cm³/mol. The van der Waals surface area contributed by atoms with Crippen molar-refractivity contribution in [1.82, 2.24) is 4.98 Å². The van der Waals surface area contributed by atoms with Crippen molar-refractivity contribution in [3.8, 4) is 0 Å². The second-order valence-electron chi connectivity index (χ2n) is 2.13. The van der Waals surface area contributed by atoms with E-state index in [1.807, 2.05) is 0 Å². The summed E-state index contributed by atoms with van der Waals surface area (Å²) in [7, 11) is 0. The largest absolute Gasteiger partial charge is 1.00 e. The monoisotopic (exact) mass is 275 g/mol. The number of hydrogen-bond donors (Lipinski definition) is 0. The maximum Gasteiger partial charge on any atom is 1.00 e. The van der Waals surface area contributed by atoms with Crippen molar-refractivity contribution in [2.75, 3.05) is 0 Å². The number of nitrogens with zero attached hydrogens (tertiary/aromatic N) is 1. The van der Waals surface area contributed by atoms with Crippen LogP contribution in [0, 0.1) is 0 Å². The van der Waals surface area contributed by atoms with Crippen molar-refractivity contribution in [3.63, 3.8) is 0 Å². The SMILES string of the molecule is O=C(OCl)c1cccnc1C(=O)OCl.[H-].[K+]. The van der Waals surface area contributed by atoms with Crippen LogP contribution in [0.3, 0.4) is 0 Å². The summed E-state index contributed by atoms with van der Waals surface area (Å²) in [6, 6.07) is 2.75. The van der Waals surface area contributed by atoms with Crippen LogP contribution in [-0.4, -0.2) is 16.9 Å². The van der Waals surface area contributed by atoms with Crippen molar-refractivity contribution in [3.05, 3.63) is 29.6 Å². The van der Waals surface area contributed by atoms with E-state index in [-0.39, 0.29) is 64.1 Å². The minimum absolute atomic E-state index is 0. The zero-order chi connectivity index (χ0) is 10.6. The molecule has 0 saturated carbocycles. The third kappa shape index (κ3) is 3.99. The summed E-state index contributed by atoms with van der Waals surface area (Å²) in [5, 5.41) is 0. The molecule has 0 saturated heterocycles. The molecule has 1 aromatic rings. The van der Waals surface area contributed by atoms with E-state index in [0.717, 1.165) is 0 Å². The van der Waals surface area contributed by atoms with Gasteiger partial charge < -0.3 is 10.0 Å². The Morgan fingerprint density at radius 1 is 1.27 bits per heavy atom. The van der Waals surface area contributed by atoms with Crippen LogP contribution < -0.4 is 51.4 Å². The predicted octanol–water partition coefficient (Wildman–Crippen LogP) is -1.18. The summed E-state index contributed by atoms with van der Waals surface area (Å²) in [6.07, 6.45) is 1.30. The van der Waals surface area contributed by atoms with E-state index < -0.39 is 11.9 Å². The molecule has 0 unspecified atom stereocenters. The van der Waals surface area contributed by atoms with E-state index in [1.54, 1.807) is 0 Å². The molecule has 1 heterocycles. The van der Waals surface area contributed by atoms with Crippen LogP contribution in [0.25, 0.3) is 0 Å². The second-order valence-corrected chi connectivity index (χ2v) is 2.44. The molecule has 0 amide bonds. The molecule has 15 heavy (non-hydrogen) atoms. The Bertz CT molecular complexity index is 344. The quantitative estimate of drug-likeness (QED) is 0.636. The van der Waals surface area contributed by atoms with Gasteiger partial charge in [-0.05, 0) is 12.1 Å². The number of carbonyl (C=O) groups excluding carboxylic acids is 2. The van der Waals surface area contributed by atoms with Gasteiger partial charge in [0.25, 0.3) is 0 Å². The molecule has 1 aromatic heterocycles. The van der Waals surface area contributed by atoms with Gasteiger partial charge in [0.1, 0.15) is 23.7 Å². The van der Waals surface area contributed by atoms with Gasteiger partial charge in [-0.2, -0.15) is 0 Å². The average molecular weight is 276 g/mol. The zero-order valence-corrected chi connectivity index (χ0v) is 12.2. The molecule has 0 aliphatic rings. The topological polar surface area (TPSA) is 65.5 Å². The van der Waals surface area contributed by atoms with Crippen LogP contribution in [0.4, 0.5) is 0 Å². The smallest absolute Gasteiger partial charge is 1.00 e. The van der Waals surface area contributed by atoms with Crippen molar-refractivity contribution in [2.45, 2.75) is 0 Å². The van der Waals surface area contributed by atoms with Crippen LogP contribution in [0.15, 0.2) is 18.3 Å². The maximum absolute atomic E-state index is 11.0. The summed E-state index contributed by atoms with van der Waals surface area (Å²) >= 11 is 9.68. The summed E-state index contributed by atoms with van der Waals surface area (Å²) in [6.45, 7) is 0. The van der Waals surface area contributed by atoms with Gasteiger partial charge in [0.15, 0.2) is 5.69 Å². The van der Waals surface area contributed by atoms with E-state index in [0.29, 0.717) is 0 Å². The zero-order valence-electron chi connectivity index (χ0n) is 8.57. The Balaban J connectivity index is 0. The van der Waals surface area contributed by atoms with Crippen molar-refractivity contribution in [1.29, 1.82) is 0 Å². The van der Waals surface area contributed by atoms with Crippen LogP contribution in [0.5, 0.6) is 0 Å². The molecule has 0 spiro atoms. The number of halogens is 2. The molecule has 76 valence electrons. The Morgan fingerprint density at radius 3 is 2.40 bits per heavy atom. The normalized spacial score (nSPS) is 8.67. The van der Waals surface area contributed by atoms with Crippen molar-refractivity contribution in [2.24, 2.45) is 0 Å². The van der Waals surface area contributed by atoms with E-state index in [4.69, 9.17) is 23.7 Å². The second kappa shape index (κ2) is 7.56. The van der Waals surface area contributed by atoms with Gasteiger partial charge in [0.05, 0.1) is 5.56 Å². The summed E-state index contributed by atoms with van der Waals surface area (Å²) in [4.78, 5) is 25.6. The Hall–Kier alpha value is 0.306. The fraction of sp³-hybridized carbons (Fsp3) is 0. The first-order valence-electron chi connectivity index (χ1n) is 3.31. The molecule has 8 heteroatoms. The van der Waals surface area contributed by atoms with Gasteiger partial charge in [0.2, 0.25) is 0 Å². The molecule has 0 atom stereocenters. The fourth-order valence-corrected chi connectivity index (χ4v) is 0.967. The first-order valence-corrected chi connectivity index (χ1v) is 3.93. The molecular weight excluding hydrogens is 272 g/mol. The van der Waals surface area contributed by atoms with Crippen LogP contribution in [0.1, 0.15) is 22.3 Å². The number of rotatable bonds is 2. The van der Waals surface area contributed by atoms with Gasteiger partial charge in [0, 0.05) is 6.20 Å². The first kappa shape index (κ1) is 15.3. The summed E-state index contributed by atoms with van der Waals surface area (Å²) < 4.78 is 7.81. The van der Waals surface area contributed by atoms with Gasteiger partial charge in [-0.15, -0.1) is 0 Å². The minimum Gasteiger partial charge on any atom is -1.00 e. The molecule has 5 nitrogen and oxygen atoms in total. The molecule has 0 fully saturated rings. The molecule has 1 rings (SSSR count). The molecule has 0 aliphatic carbocycles. The van der Waals surface area contributed by atoms with E-state index in [9.17, 15) is 9.59 Å². The third-order valence-corrected chi connectivity index (χ3v) is 1.64. The van der Waals surface area contributed by atoms with Gasteiger partial charge in [-0.3, -0.25) is 0 Å². The first-order chi connectivity index (χ1) is 6.70. The van der Waals surface area contributed by atoms with Gasteiger partial charge in [-0.1, -0.05) is 0 Å². The molecule has 0 bridgehead atoms. The Kier molecular flexibility index (Phi) is 7.71. The number of aromatic nitrogens is 1. The maximum atomic E-state index is 11.0. The molecule has 0 radical (unpaired) electrons.